The molecule has 2 aromatic heterocycles. The van der Waals surface area contributed by atoms with Crippen LogP contribution in [0, 0.1) is 27.7 Å². The van der Waals surface area contributed by atoms with Crippen LogP contribution in [-0.4, -0.2) is 17.5 Å². The van der Waals surface area contributed by atoms with Crippen molar-refractivity contribution in [3.05, 3.63) is 93.1 Å². The molecule has 7 heteroatoms. The molecule has 0 fully saturated rings. The Bertz CT molecular complexity index is 1520. The Labute approximate surface area is 215 Å². The second kappa shape index (κ2) is 10.1. The van der Waals surface area contributed by atoms with Crippen LogP contribution in [0.25, 0.3) is 11.0 Å². The molecule has 1 aliphatic carbocycles. The van der Waals surface area contributed by atoms with Crippen molar-refractivity contribution in [1.29, 1.82) is 0 Å². The highest BCUT2D eigenvalue weighted by Crippen LogP contribution is 2.30. The number of hydrazone groups is 1. The summed E-state index contributed by atoms with van der Waals surface area (Å²) in [4.78, 5) is 25.7. The lowest BCUT2D eigenvalue weighted by molar-refractivity contribution is -0.120. The molecule has 0 unspecified atom stereocenters. The standard InChI is InChI=1S/C30H31N3O4/c1-17-8-11-21(12-9-17)15-31-30(35)29-20(4)27-24(6-5-7-25(27)37-29)32-33-26(34)14-22-16-36-28-19(3)18(2)10-13-23(22)28/h8-13,16H,5-7,14-15H2,1-4H3,(H,31,35)(H,33,34)/b32-24+. The average Bonchev–Trinajstić information content (AvgIpc) is 3.46. The van der Waals surface area contributed by atoms with Crippen LogP contribution in [0.4, 0.5) is 0 Å². The van der Waals surface area contributed by atoms with Crippen LogP contribution in [0.3, 0.4) is 0 Å². The number of carbonyl (C=O) groups is 2. The summed E-state index contributed by atoms with van der Waals surface area (Å²) in [5, 5.41) is 8.33. The van der Waals surface area contributed by atoms with E-state index in [1.807, 2.05) is 64.1 Å². The van der Waals surface area contributed by atoms with E-state index < -0.39 is 0 Å². The number of nitrogens with zero attached hydrogens (tertiary/aromatic N) is 1. The number of benzene rings is 2. The zero-order chi connectivity index (χ0) is 26.1. The van der Waals surface area contributed by atoms with E-state index in [9.17, 15) is 9.59 Å². The maximum absolute atomic E-state index is 12.9. The number of hydrogen-bond donors (Lipinski definition) is 2. The third-order valence-electron chi connectivity index (χ3n) is 7.11. The quantitative estimate of drug-likeness (QED) is 0.340. The van der Waals surface area contributed by atoms with Gasteiger partial charge in [0.25, 0.3) is 5.91 Å². The Hall–Kier alpha value is -4.13. The molecule has 2 amide bonds. The summed E-state index contributed by atoms with van der Waals surface area (Å²) in [5.74, 6) is 0.559. The lowest BCUT2D eigenvalue weighted by atomic mass is 9.93. The van der Waals surface area contributed by atoms with Crippen molar-refractivity contribution in [2.45, 2.75) is 59.9 Å². The van der Waals surface area contributed by atoms with E-state index in [-0.39, 0.29) is 18.2 Å². The normalized spacial score (nSPS) is 14.1. The summed E-state index contributed by atoms with van der Waals surface area (Å²) in [6, 6.07) is 12.1. The monoisotopic (exact) mass is 497 g/mol. The predicted molar refractivity (Wildman–Crippen MR) is 143 cm³/mol. The van der Waals surface area contributed by atoms with E-state index in [4.69, 9.17) is 8.83 Å². The molecule has 2 heterocycles. The molecule has 1 aliphatic rings. The SMILES string of the molecule is Cc1ccc(CNC(=O)c2oc3c(c2C)/C(=N/NC(=O)Cc2coc4c(C)c(C)ccc24)CCC3)cc1. The highest BCUT2D eigenvalue weighted by Gasteiger charge is 2.28. The van der Waals surface area contributed by atoms with Crippen molar-refractivity contribution in [2.24, 2.45) is 5.10 Å². The Balaban J connectivity index is 1.29. The summed E-state index contributed by atoms with van der Waals surface area (Å²) in [7, 11) is 0. The van der Waals surface area contributed by atoms with Crippen LogP contribution in [0.1, 0.15) is 68.1 Å². The third-order valence-corrected chi connectivity index (χ3v) is 7.11. The van der Waals surface area contributed by atoms with Crippen molar-refractivity contribution in [1.82, 2.24) is 10.7 Å². The van der Waals surface area contributed by atoms with Gasteiger partial charge in [0, 0.05) is 35.0 Å². The van der Waals surface area contributed by atoms with E-state index in [0.29, 0.717) is 18.7 Å². The van der Waals surface area contributed by atoms with Gasteiger partial charge in [-0.25, -0.2) is 5.43 Å². The van der Waals surface area contributed by atoms with Gasteiger partial charge < -0.3 is 14.2 Å². The van der Waals surface area contributed by atoms with Crippen molar-refractivity contribution < 1.29 is 18.4 Å². The first-order chi connectivity index (χ1) is 17.8. The first-order valence-electron chi connectivity index (χ1n) is 12.6. The largest absolute Gasteiger partial charge is 0.464 e. The fourth-order valence-corrected chi connectivity index (χ4v) is 4.83. The third kappa shape index (κ3) is 4.94. The van der Waals surface area contributed by atoms with E-state index >= 15 is 0 Å². The van der Waals surface area contributed by atoms with Crippen LogP contribution in [0.15, 0.2) is 56.6 Å². The van der Waals surface area contributed by atoms with Crippen LogP contribution < -0.4 is 10.7 Å². The molecule has 0 spiro atoms. The number of fused-ring (bicyclic) bond motifs is 2. The van der Waals surface area contributed by atoms with Crippen molar-refractivity contribution in [3.63, 3.8) is 0 Å². The molecule has 2 N–H and O–H groups in total. The summed E-state index contributed by atoms with van der Waals surface area (Å²) in [6.45, 7) is 8.37. The van der Waals surface area contributed by atoms with Gasteiger partial charge in [-0.05, 0) is 57.2 Å². The fraction of sp³-hybridized carbons (Fsp3) is 0.300. The zero-order valence-corrected chi connectivity index (χ0v) is 21.7. The summed E-state index contributed by atoms with van der Waals surface area (Å²) < 4.78 is 11.7. The highest BCUT2D eigenvalue weighted by atomic mass is 16.4. The second-order valence-corrected chi connectivity index (χ2v) is 9.79. The number of amides is 2. The topological polar surface area (TPSA) is 96.8 Å². The van der Waals surface area contributed by atoms with Gasteiger partial charge in [0.15, 0.2) is 5.76 Å². The van der Waals surface area contributed by atoms with E-state index in [1.54, 1.807) is 6.26 Å². The first kappa shape index (κ1) is 24.6. The summed E-state index contributed by atoms with van der Waals surface area (Å²) in [6.07, 6.45) is 4.07. The second-order valence-electron chi connectivity index (χ2n) is 9.79. The number of nitrogens with one attached hydrogen (secondary N) is 2. The number of rotatable bonds is 6. The van der Waals surface area contributed by atoms with Gasteiger partial charge in [-0.1, -0.05) is 42.0 Å². The van der Waals surface area contributed by atoms with Gasteiger partial charge in [0.2, 0.25) is 5.91 Å². The molecule has 5 rings (SSSR count). The van der Waals surface area contributed by atoms with Crippen molar-refractivity contribution in [2.75, 3.05) is 0 Å². The molecule has 4 aromatic rings. The Morgan fingerprint density at radius 3 is 2.54 bits per heavy atom. The Kier molecular flexibility index (Phi) is 6.70. The smallest absolute Gasteiger partial charge is 0.287 e. The predicted octanol–water partition coefficient (Wildman–Crippen LogP) is 5.59. The number of aryl methyl sites for hydroxylation is 4. The molecule has 0 aliphatic heterocycles. The molecular formula is C30H31N3O4. The molecular weight excluding hydrogens is 466 g/mol. The maximum atomic E-state index is 12.9. The molecule has 37 heavy (non-hydrogen) atoms. The van der Waals surface area contributed by atoms with Crippen LogP contribution >= 0.6 is 0 Å². The van der Waals surface area contributed by atoms with Gasteiger partial charge in [-0.3, -0.25) is 9.59 Å². The number of furan rings is 2. The number of hydrogen-bond acceptors (Lipinski definition) is 5. The van der Waals surface area contributed by atoms with Crippen molar-refractivity contribution >= 4 is 28.5 Å². The van der Waals surface area contributed by atoms with Crippen LogP contribution in [-0.2, 0) is 24.2 Å². The summed E-state index contributed by atoms with van der Waals surface area (Å²) >= 11 is 0. The van der Waals surface area contributed by atoms with E-state index in [2.05, 4.69) is 15.8 Å². The lowest BCUT2D eigenvalue weighted by Gasteiger charge is -2.13. The molecule has 0 bridgehead atoms. The minimum absolute atomic E-state index is 0.163. The van der Waals surface area contributed by atoms with Gasteiger partial charge in [0.1, 0.15) is 11.3 Å². The molecule has 0 saturated heterocycles. The lowest BCUT2D eigenvalue weighted by Crippen LogP contribution is -2.24. The van der Waals surface area contributed by atoms with Gasteiger partial charge in [-0.15, -0.1) is 0 Å². The molecule has 2 aromatic carbocycles. The maximum Gasteiger partial charge on any atom is 0.287 e. The summed E-state index contributed by atoms with van der Waals surface area (Å²) in [5.41, 5.74) is 11.1. The molecule has 0 saturated carbocycles. The van der Waals surface area contributed by atoms with Gasteiger partial charge in [-0.2, -0.15) is 5.10 Å². The van der Waals surface area contributed by atoms with Crippen LogP contribution in [0.5, 0.6) is 0 Å². The molecule has 190 valence electrons. The average molecular weight is 498 g/mol. The Morgan fingerprint density at radius 1 is 0.973 bits per heavy atom. The first-order valence-corrected chi connectivity index (χ1v) is 12.6. The fourth-order valence-electron chi connectivity index (χ4n) is 4.83. The van der Waals surface area contributed by atoms with E-state index in [1.165, 1.54) is 5.56 Å². The van der Waals surface area contributed by atoms with Gasteiger partial charge in [0.05, 0.1) is 18.4 Å². The highest BCUT2D eigenvalue weighted by molar-refractivity contribution is 6.06. The minimum Gasteiger partial charge on any atom is -0.464 e. The zero-order valence-electron chi connectivity index (χ0n) is 21.7. The van der Waals surface area contributed by atoms with Gasteiger partial charge >= 0.3 is 0 Å². The van der Waals surface area contributed by atoms with Crippen molar-refractivity contribution in [3.8, 4) is 0 Å². The Morgan fingerprint density at radius 2 is 1.76 bits per heavy atom. The molecule has 0 radical (unpaired) electrons. The minimum atomic E-state index is -0.256. The van der Waals surface area contributed by atoms with E-state index in [0.717, 1.165) is 68.7 Å². The van der Waals surface area contributed by atoms with Crippen LogP contribution in [0.2, 0.25) is 0 Å². The molecule has 7 nitrogen and oxygen atoms in total. The molecule has 0 atom stereocenters. The number of carbonyl (C=O) groups excluding carboxylic acids is 2.